The minimum atomic E-state index is -3.20. The van der Waals surface area contributed by atoms with E-state index in [0.29, 0.717) is 6.92 Å². The molecule has 0 aliphatic carbocycles. The van der Waals surface area contributed by atoms with Crippen LogP contribution in [0.3, 0.4) is 0 Å². The summed E-state index contributed by atoms with van der Waals surface area (Å²) in [4.78, 5) is 2.95. The van der Waals surface area contributed by atoms with Crippen molar-refractivity contribution in [2.45, 2.75) is 31.2 Å². The molecule has 0 saturated carbocycles. The molecule has 0 bridgehead atoms. The molecular formula is C8H11F2NO2S. The van der Waals surface area contributed by atoms with Gasteiger partial charge in [-0.05, 0) is 0 Å². The first-order valence-electron chi connectivity index (χ1n) is 4.19. The summed E-state index contributed by atoms with van der Waals surface area (Å²) in [6, 6.07) is 0. The quantitative estimate of drug-likeness (QED) is 0.632. The van der Waals surface area contributed by atoms with Crippen LogP contribution in [0.4, 0.5) is 8.78 Å². The summed E-state index contributed by atoms with van der Waals surface area (Å²) in [5.74, 6) is -3.75. The second-order valence-corrected chi connectivity index (χ2v) is 5.99. The highest BCUT2D eigenvalue weighted by Gasteiger charge is 2.59. The van der Waals surface area contributed by atoms with Gasteiger partial charge >= 0.3 is 5.92 Å². The zero-order chi connectivity index (χ0) is 11.0. The predicted molar refractivity (Wildman–Crippen MR) is 47.8 cm³/mol. The third-order valence-corrected chi connectivity index (χ3v) is 4.34. The second kappa shape index (κ2) is 3.16. The van der Waals surface area contributed by atoms with Crippen LogP contribution in [0, 0.1) is 6.57 Å². The molecule has 0 atom stereocenters. The fourth-order valence-corrected chi connectivity index (χ4v) is 3.03. The van der Waals surface area contributed by atoms with Crippen LogP contribution in [-0.4, -0.2) is 31.4 Å². The molecule has 0 aromatic carbocycles. The fraction of sp³-hybridized carbons (Fsp3) is 0.875. The topological polar surface area (TPSA) is 38.5 Å². The predicted octanol–water partition coefficient (Wildman–Crippen LogP) is 1.51. The highest BCUT2D eigenvalue weighted by atomic mass is 32.2. The summed E-state index contributed by atoms with van der Waals surface area (Å²) < 4.78 is 48.3. The summed E-state index contributed by atoms with van der Waals surface area (Å²) in [6.07, 6.45) is -0.523. The van der Waals surface area contributed by atoms with E-state index in [-0.39, 0.29) is 24.3 Å². The van der Waals surface area contributed by atoms with Gasteiger partial charge in [-0.3, -0.25) is 0 Å². The average Bonchev–Trinajstić information content (AvgIpc) is 2.03. The lowest BCUT2D eigenvalue weighted by Gasteiger charge is -2.30. The van der Waals surface area contributed by atoms with Crippen molar-refractivity contribution in [2.75, 3.05) is 11.5 Å². The Labute approximate surface area is 81.8 Å². The Kier molecular flexibility index (Phi) is 2.57. The summed E-state index contributed by atoms with van der Waals surface area (Å²) in [6.45, 7) is 7.46. The van der Waals surface area contributed by atoms with Crippen molar-refractivity contribution in [1.82, 2.24) is 0 Å². The molecule has 6 heteroatoms. The van der Waals surface area contributed by atoms with Gasteiger partial charge < -0.3 is 4.85 Å². The van der Waals surface area contributed by atoms with Crippen molar-refractivity contribution in [2.24, 2.45) is 0 Å². The molecule has 0 aromatic heterocycles. The van der Waals surface area contributed by atoms with Gasteiger partial charge in [-0.2, -0.15) is 8.78 Å². The van der Waals surface area contributed by atoms with Gasteiger partial charge in [-0.1, -0.05) is 0 Å². The maximum atomic E-state index is 13.1. The smallest absolute Gasteiger partial charge is 0.304 e. The maximum absolute atomic E-state index is 13.1. The molecule has 0 unspecified atom stereocenters. The van der Waals surface area contributed by atoms with Crippen LogP contribution in [0.1, 0.15) is 19.8 Å². The molecule has 1 fully saturated rings. The zero-order valence-electron chi connectivity index (χ0n) is 7.76. The molecule has 1 rings (SSSR count). The highest BCUT2D eigenvalue weighted by Crippen LogP contribution is 2.40. The highest BCUT2D eigenvalue weighted by molar-refractivity contribution is 7.91. The third kappa shape index (κ3) is 1.87. The number of sulfone groups is 1. The lowest BCUT2D eigenvalue weighted by molar-refractivity contribution is -0.0436. The van der Waals surface area contributed by atoms with Gasteiger partial charge in [-0.15, -0.1) is 0 Å². The largest absolute Gasteiger partial charge is 0.321 e. The van der Waals surface area contributed by atoms with Crippen LogP contribution < -0.4 is 0 Å². The van der Waals surface area contributed by atoms with Crippen LogP contribution >= 0.6 is 0 Å². The lowest BCUT2D eigenvalue weighted by Crippen LogP contribution is -2.48. The van der Waals surface area contributed by atoms with E-state index in [2.05, 4.69) is 4.85 Å². The molecule has 14 heavy (non-hydrogen) atoms. The summed E-state index contributed by atoms with van der Waals surface area (Å²) in [5, 5.41) is 0. The lowest BCUT2D eigenvalue weighted by atomic mass is 9.87. The minimum absolute atomic E-state index is 0.262. The van der Waals surface area contributed by atoms with Gasteiger partial charge in [-0.25, -0.2) is 15.0 Å². The van der Waals surface area contributed by atoms with Crippen molar-refractivity contribution < 1.29 is 17.2 Å². The number of alkyl halides is 2. The van der Waals surface area contributed by atoms with Crippen molar-refractivity contribution in [3.8, 4) is 0 Å². The van der Waals surface area contributed by atoms with Gasteiger partial charge in [0.15, 0.2) is 9.84 Å². The van der Waals surface area contributed by atoms with Crippen LogP contribution in [0.2, 0.25) is 0 Å². The van der Waals surface area contributed by atoms with Crippen molar-refractivity contribution >= 4 is 9.84 Å². The summed E-state index contributed by atoms with van der Waals surface area (Å²) in [5.41, 5.74) is -1.81. The van der Waals surface area contributed by atoms with E-state index in [4.69, 9.17) is 6.57 Å². The monoisotopic (exact) mass is 223 g/mol. The van der Waals surface area contributed by atoms with E-state index in [9.17, 15) is 17.2 Å². The molecule has 3 nitrogen and oxygen atoms in total. The molecule has 1 aliphatic heterocycles. The van der Waals surface area contributed by atoms with Gasteiger partial charge in [0.2, 0.25) is 0 Å². The standard InChI is InChI=1S/C8H11F2NO2S/c1-7(9,10)8(11-2)3-5-14(12,13)6-4-8/h3-6H2,1H3. The van der Waals surface area contributed by atoms with E-state index >= 15 is 0 Å². The second-order valence-electron chi connectivity index (χ2n) is 3.68. The number of nitrogens with zero attached hydrogens (tertiary/aromatic N) is 1. The van der Waals surface area contributed by atoms with E-state index in [0.717, 1.165) is 0 Å². The summed E-state index contributed by atoms with van der Waals surface area (Å²) in [7, 11) is -3.20. The Morgan fingerprint density at radius 3 is 2.07 bits per heavy atom. The first kappa shape index (κ1) is 11.4. The molecule has 0 amide bonds. The number of halogens is 2. The van der Waals surface area contributed by atoms with E-state index in [1.54, 1.807) is 0 Å². The average molecular weight is 223 g/mol. The first-order valence-corrected chi connectivity index (χ1v) is 6.01. The Morgan fingerprint density at radius 2 is 1.79 bits per heavy atom. The van der Waals surface area contributed by atoms with Crippen LogP contribution in [0.25, 0.3) is 4.85 Å². The zero-order valence-corrected chi connectivity index (χ0v) is 8.57. The first-order chi connectivity index (χ1) is 6.22. The van der Waals surface area contributed by atoms with E-state index < -0.39 is 21.3 Å². The Morgan fingerprint density at radius 1 is 1.36 bits per heavy atom. The van der Waals surface area contributed by atoms with Gasteiger partial charge in [0, 0.05) is 19.8 Å². The van der Waals surface area contributed by atoms with Gasteiger partial charge in [0.1, 0.15) is 0 Å². The molecular weight excluding hydrogens is 212 g/mol. The molecule has 0 radical (unpaired) electrons. The molecule has 1 aliphatic rings. The Balaban J connectivity index is 2.95. The number of hydrogen-bond donors (Lipinski definition) is 0. The summed E-state index contributed by atoms with van der Waals surface area (Å²) >= 11 is 0. The van der Waals surface area contributed by atoms with Crippen LogP contribution in [0.5, 0.6) is 0 Å². The normalized spacial score (nSPS) is 25.3. The molecule has 0 N–H and O–H groups in total. The fourth-order valence-electron chi connectivity index (χ4n) is 1.52. The van der Waals surface area contributed by atoms with Crippen LogP contribution in [0.15, 0.2) is 0 Å². The molecule has 0 aromatic rings. The van der Waals surface area contributed by atoms with E-state index in [1.807, 2.05) is 0 Å². The molecule has 1 heterocycles. The van der Waals surface area contributed by atoms with Gasteiger partial charge in [0.05, 0.1) is 11.5 Å². The van der Waals surface area contributed by atoms with Crippen LogP contribution in [-0.2, 0) is 9.84 Å². The SMILES string of the molecule is [C-]#[N+]C1(C(C)(F)F)CCS(=O)(=O)CC1. The molecule has 1 saturated heterocycles. The van der Waals surface area contributed by atoms with Crippen molar-refractivity contribution in [3.05, 3.63) is 11.4 Å². The Hall–Kier alpha value is -0.700. The molecule has 80 valence electrons. The Bertz CT molecular complexity index is 350. The van der Waals surface area contributed by atoms with Crippen molar-refractivity contribution in [1.29, 1.82) is 0 Å². The van der Waals surface area contributed by atoms with Gasteiger partial charge in [0.25, 0.3) is 5.54 Å². The third-order valence-electron chi connectivity index (χ3n) is 2.68. The van der Waals surface area contributed by atoms with E-state index in [1.165, 1.54) is 0 Å². The number of rotatable bonds is 1. The van der Waals surface area contributed by atoms with Crippen molar-refractivity contribution in [3.63, 3.8) is 0 Å². The number of hydrogen-bond acceptors (Lipinski definition) is 2. The molecule has 0 spiro atoms. The minimum Gasteiger partial charge on any atom is -0.304 e. The maximum Gasteiger partial charge on any atom is 0.321 e.